The maximum atomic E-state index is 11.3. The summed E-state index contributed by atoms with van der Waals surface area (Å²) in [5.41, 5.74) is 0. The van der Waals surface area contributed by atoms with Crippen LogP contribution in [0.5, 0.6) is 0 Å². The second-order valence-electron chi connectivity index (χ2n) is 2.93. The molecular weight excluding hydrogens is 226 g/mol. The molecule has 1 aliphatic heterocycles. The zero-order valence-corrected chi connectivity index (χ0v) is 9.16. The largest absolute Gasteiger partial charge is 0.354 e. The molecule has 0 bridgehead atoms. The van der Waals surface area contributed by atoms with Gasteiger partial charge in [-0.3, -0.25) is 10.1 Å². The monoisotopic (exact) mass is 239 g/mol. The van der Waals surface area contributed by atoms with Gasteiger partial charge >= 0.3 is 0 Å². The smallest absolute Gasteiger partial charge is 0.238 e. The van der Waals surface area contributed by atoms with E-state index in [0.717, 1.165) is 11.6 Å². The summed E-state index contributed by atoms with van der Waals surface area (Å²) in [7, 11) is -3.48. The van der Waals surface area contributed by atoms with Crippen LogP contribution >= 0.6 is 11.8 Å². The first-order valence-electron chi connectivity index (χ1n) is 4.08. The summed E-state index contributed by atoms with van der Waals surface area (Å²) in [6, 6.07) is -0.208. The molecule has 0 aromatic rings. The minimum atomic E-state index is -3.48. The van der Waals surface area contributed by atoms with E-state index in [-0.39, 0.29) is 24.2 Å². The number of primary sulfonamides is 1. The number of carbonyl (C=O) groups excluding carboxylic acids is 1. The highest BCUT2D eigenvalue weighted by Gasteiger charge is 2.21. The van der Waals surface area contributed by atoms with Gasteiger partial charge in [-0.25, -0.2) is 13.6 Å². The van der Waals surface area contributed by atoms with Crippen LogP contribution in [0.4, 0.5) is 0 Å². The van der Waals surface area contributed by atoms with E-state index in [9.17, 15) is 13.2 Å². The standard InChI is InChI=1S/C6H13N3O3S2/c7-14(11,12)2-1-8-6(10)5-3-13-4-9-5/h5,9H,1-4H2,(H,8,10)(H2,7,11,12). The summed E-state index contributed by atoms with van der Waals surface area (Å²) in [5.74, 6) is 1.09. The summed E-state index contributed by atoms with van der Waals surface area (Å²) in [5, 5.41) is 10.3. The Bertz CT molecular complexity index is 297. The molecule has 14 heavy (non-hydrogen) atoms. The van der Waals surface area contributed by atoms with Crippen molar-refractivity contribution in [3.05, 3.63) is 0 Å². The Balaban J connectivity index is 2.21. The zero-order chi connectivity index (χ0) is 10.6. The van der Waals surface area contributed by atoms with Gasteiger partial charge in [-0.1, -0.05) is 0 Å². The van der Waals surface area contributed by atoms with Crippen LogP contribution in [0.3, 0.4) is 0 Å². The number of rotatable bonds is 4. The first-order chi connectivity index (χ1) is 6.49. The summed E-state index contributed by atoms with van der Waals surface area (Å²) in [6.07, 6.45) is 0. The molecule has 4 N–H and O–H groups in total. The van der Waals surface area contributed by atoms with E-state index < -0.39 is 10.0 Å². The van der Waals surface area contributed by atoms with Gasteiger partial charge in [-0.15, -0.1) is 11.8 Å². The summed E-state index contributed by atoms with van der Waals surface area (Å²) < 4.78 is 21.1. The van der Waals surface area contributed by atoms with Gasteiger partial charge in [-0.05, 0) is 0 Å². The van der Waals surface area contributed by atoms with E-state index >= 15 is 0 Å². The molecule has 1 fully saturated rings. The Hall–Kier alpha value is -0.310. The van der Waals surface area contributed by atoms with Gasteiger partial charge < -0.3 is 5.32 Å². The van der Waals surface area contributed by atoms with Gasteiger partial charge in [0.05, 0.1) is 11.8 Å². The molecule has 0 aromatic heterocycles. The maximum Gasteiger partial charge on any atom is 0.238 e. The Morgan fingerprint density at radius 1 is 1.64 bits per heavy atom. The van der Waals surface area contributed by atoms with Crippen molar-refractivity contribution in [1.29, 1.82) is 0 Å². The molecule has 82 valence electrons. The second kappa shape index (κ2) is 4.96. The lowest BCUT2D eigenvalue weighted by Gasteiger charge is -2.09. The van der Waals surface area contributed by atoms with Crippen LogP contribution in [-0.4, -0.2) is 44.3 Å². The number of nitrogens with one attached hydrogen (secondary N) is 2. The SMILES string of the molecule is NS(=O)(=O)CCNC(=O)C1CSCN1. The van der Waals surface area contributed by atoms with E-state index in [4.69, 9.17) is 5.14 Å². The fourth-order valence-corrected chi connectivity index (χ4v) is 2.33. The van der Waals surface area contributed by atoms with Gasteiger partial charge in [-0.2, -0.15) is 0 Å². The Kier molecular flexibility index (Phi) is 4.17. The van der Waals surface area contributed by atoms with Crippen molar-refractivity contribution in [3.63, 3.8) is 0 Å². The van der Waals surface area contributed by atoms with Crippen LogP contribution in [0.15, 0.2) is 0 Å². The highest BCUT2D eigenvalue weighted by atomic mass is 32.2. The molecule has 1 amide bonds. The van der Waals surface area contributed by atoms with Crippen LogP contribution in [0.2, 0.25) is 0 Å². The average Bonchev–Trinajstić information content (AvgIpc) is 2.53. The van der Waals surface area contributed by atoms with Gasteiger partial charge in [0, 0.05) is 18.2 Å². The maximum absolute atomic E-state index is 11.3. The number of hydrogen-bond acceptors (Lipinski definition) is 5. The first kappa shape index (κ1) is 11.8. The fourth-order valence-electron chi connectivity index (χ4n) is 1.00. The van der Waals surface area contributed by atoms with E-state index in [2.05, 4.69) is 10.6 Å². The molecule has 0 saturated carbocycles. The van der Waals surface area contributed by atoms with Gasteiger partial charge in [0.2, 0.25) is 15.9 Å². The molecule has 1 rings (SSSR count). The van der Waals surface area contributed by atoms with Crippen LogP contribution in [0.1, 0.15) is 0 Å². The van der Waals surface area contributed by atoms with Crippen molar-refractivity contribution in [2.24, 2.45) is 5.14 Å². The van der Waals surface area contributed by atoms with E-state index in [0.29, 0.717) is 0 Å². The molecule has 8 heteroatoms. The molecule has 0 aliphatic carbocycles. The predicted molar refractivity (Wildman–Crippen MR) is 55.2 cm³/mol. The van der Waals surface area contributed by atoms with Crippen molar-refractivity contribution in [2.45, 2.75) is 6.04 Å². The molecular formula is C6H13N3O3S2. The molecule has 1 saturated heterocycles. The number of hydrogen-bond donors (Lipinski definition) is 3. The molecule has 1 atom stereocenters. The summed E-state index contributed by atoms with van der Waals surface area (Å²) in [6.45, 7) is 0.0700. The molecule has 0 radical (unpaired) electrons. The lowest BCUT2D eigenvalue weighted by atomic mass is 10.3. The second-order valence-corrected chi connectivity index (χ2v) is 5.69. The highest BCUT2D eigenvalue weighted by molar-refractivity contribution is 7.99. The quantitative estimate of drug-likeness (QED) is 0.529. The van der Waals surface area contributed by atoms with Crippen LogP contribution < -0.4 is 15.8 Å². The van der Waals surface area contributed by atoms with E-state index in [1.807, 2.05) is 0 Å². The third-order valence-electron chi connectivity index (χ3n) is 1.72. The minimum Gasteiger partial charge on any atom is -0.354 e. The van der Waals surface area contributed by atoms with Crippen LogP contribution in [-0.2, 0) is 14.8 Å². The van der Waals surface area contributed by atoms with Gasteiger partial charge in [0.1, 0.15) is 0 Å². The number of amides is 1. The molecule has 0 spiro atoms. The van der Waals surface area contributed by atoms with Crippen molar-refractivity contribution < 1.29 is 13.2 Å². The van der Waals surface area contributed by atoms with Crippen molar-refractivity contribution >= 4 is 27.7 Å². The minimum absolute atomic E-state index is 0.0700. The molecule has 1 heterocycles. The van der Waals surface area contributed by atoms with Gasteiger partial charge in [0.25, 0.3) is 0 Å². The van der Waals surface area contributed by atoms with E-state index in [1.165, 1.54) is 0 Å². The molecule has 6 nitrogen and oxygen atoms in total. The Labute approximate surface area is 87.0 Å². The predicted octanol–water partition coefficient (Wildman–Crippen LogP) is -1.95. The normalized spacial score (nSPS) is 22.2. The third-order valence-corrected chi connectivity index (χ3v) is 3.43. The molecule has 0 aromatic carbocycles. The summed E-state index contributed by atoms with van der Waals surface area (Å²) in [4.78, 5) is 11.3. The molecule has 1 aliphatic rings. The average molecular weight is 239 g/mol. The molecule has 1 unspecified atom stereocenters. The lowest BCUT2D eigenvalue weighted by Crippen LogP contribution is -2.43. The fraction of sp³-hybridized carbons (Fsp3) is 0.833. The first-order valence-corrected chi connectivity index (χ1v) is 6.95. The van der Waals surface area contributed by atoms with Crippen LogP contribution in [0.25, 0.3) is 0 Å². The van der Waals surface area contributed by atoms with Crippen molar-refractivity contribution in [2.75, 3.05) is 23.9 Å². The van der Waals surface area contributed by atoms with Crippen molar-refractivity contribution in [1.82, 2.24) is 10.6 Å². The summed E-state index contributed by atoms with van der Waals surface area (Å²) >= 11 is 1.63. The van der Waals surface area contributed by atoms with Crippen LogP contribution in [0, 0.1) is 0 Å². The lowest BCUT2D eigenvalue weighted by molar-refractivity contribution is -0.122. The zero-order valence-electron chi connectivity index (χ0n) is 7.52. The number of nitrogens with two attached hydrogens (primary N) is 1. The van der Waals surface area contributed by atoms with Gasteiger partial charge in [0.15, 0.2) is 0 Å². The Morgan fingerprint density at radius 2 is 2.36 bits per heavy atom. The third kappa shape index (κ3) is 4.27. The highest BCUT2D eigenvalue weighted by Crippen LogP contribution is 2.08. The number of sulfonamides is 1. The number of carbonyl (C=O) groups is 1. The van der Waals surface area contributed by atoms with Crippen molar-refractivity contribution in [3.8, 4) is 0 Å². The topological polar surface area (TPSA) is 101 Å². The van der Waals surface area contributed by atoms with E-state index in [1.54, 1.807) is 11.8 Å². The Morgan fingerprint density at radius 3 is 2.86 bits per heavy atom. The number of thioether (sulfide) groups is 1.